The summed E-state index contributed by atoms with van der Waals surface area (Å²) in [6.45, 7) is 1.85. The van der Waals surface area contributed by atoms with Crippen LogP contribution in [0, 0.1) is 0 Å². The van der Waals surface area contributed by atoms with E-state index < -0.39 is 18.0 Å². The smallest absolute Gasteiger partial charge is 0.451 e. The largest absolute Gasteiger partial charge is 0.468 e. The van der Waals surface area contributed by atoms with Gasteiger partial charge in [0.15, 0.2) is 0 Å². The van der Waals surface area contributed by atoms with E-state index in [0.29, 0.717) is 6.54 Å². The Morgan fingerprint density at radius 1 is 1.32 bits per heavy atom. The van der Waals surface area contributed by atoms with E-state index in [1.165, 1.54) is 13.2 Å². The first-order valence-electron chi connectivity index (χ1n) is 5.37. The number of esters is 1. The maximum Gasteiger partial charge on any atom is 0.451 e. The second-order valence-electron chi connectivity index (χ2n) is 3.42. The zero-order valence-electron chi connectivity index (χ0n) is 10.3. The number of carbonyl (C=O) groups is 1. The lowest BCUT2D eigenvalue weighted by Gasteiger charge is -2.11. The van der Waals surface area contributed by atoms with Gasteiger partial charge in [0, 0.05) is 12.6 Å². The van der Waals surface area contributed by atoms with Gasteiger partial charge in [0.2, 0.25) is 5.82 Å². The highest BCUT2D eigenvalue weighted by molar-refractivity contribution is 5.74. The number of nitrogens with zero attached hydrogens (tertiary/aromatic N) is 2. The molecule has 0 bridgehead atoms. The molecule has 1 aromatic rings. The third kappa shape index (κ3) is 4.60. The van der Waals surface area contributed by atoms with E-state index in [1.54, 1.807) is 6.92 Å². The Kier molecular flexibility index (Phi) is 4.90. The molecule has 6 nitrogen and oxygen atoms in total. The highest BCUT2D eigenvalue weighted by Crippen LogP contribution is 2.28. The molecular formula is C10H13F3N4O2. The fraction of sp³-hybridized carbons (Fsp3) is 0.500. The Morgan fingerprint density at radius 2 is 1.89 bits per heavy atom. The van der Waals surface area contributed by atoms with Crippen molar-refractivity contribution in [3.63, 3.8) is 0 Å². The predicted molar refractivity (Wildman–Crippen MR) is 61.7 cm³/mol. The number of alkyl halides is 3. The second kappa shape index (κ2) is 6.21. The van der Waals surface area contributed by atoms with Crippen molar-refractivity contribution in [2.75, 3.05) is 30.8 Å². The molecule has 0 aliphatic heterocycles. The number of anilines is 2. The van der Waals surface area contributed by atoms with Crippen LogP contribution in [0.4, 0.5) is 24.8 Å². The quantitative estimate of drug-likeness (QED) is 0.795. The van der Waals surface area contributed by atoms with Crippen molar-refractivity contribution < 1.29 is 22.7 Å². The Hall–Kier alpha value is -2.06. The summed E-state index contributed by atoms with van der Waals surface area (Å²) < 4.78 is 42.1. The van der Waals surface area contributed by atoms with E-state index in [4.69, 9.17) is 0 Å². The first-order valence-corrected chi connectivity index (χ1v) is 5.37. The van der Waals surface area contributed by atoms with Crippen molar-refractivity contribution in [2.45, 2.75) is 13.1 Å². The van der Waals surface area contributed by atoms with Crippen molar-refractivity contribution in [2.24, 2.45) is 0 Å². The maximum absolute atomic E-state index is 12.6. The molecule has 0 atom stereocenters. The molecule has 1 heterocycles. The number of halogens is 3. The first-order chi connectivity index (χ1) is 8.86. The molecule has 9 heteroatoms. The molecular weight excluding hydrogens is 265 g/mol. The minimum Gasteiger partial charge on any atom is -0.468 e. The van der Waals surface area contributed by atoms with Crippen LogP contribution < -0.4 is 10.6 Å². The van der Waals surface area contributed by atoms with Crippen molar-refractivity contribution in [3.05, 3.63) is 11.9 Å². The van der Waals surface area contributed by atoms with Gasteiger partial charge in [-0.05, 0) is 6.92 Å². The monoisotopic (exact) mass is 278 g/mol. The van der Waals surface area contributed by atoms with Gasteiger partial charge in [0.25, 0.3) is 0 Å². The van der Waals surface area contributed by atoms with E-state index in [9.17, 15) is 18.0 Å². The van der Waals surface area contributed by atoms with Crippen molar-refractivity contribution in [1.29, 1.82) is 0 Å². The van der Waals surface area contributed by atoms with Gasteiger partial charge in [0.1, 0.15) is 18.2 Å². The van der Waals surface area contributed by atoms with Crippen LogP contribution in [0.5, 0.6) is 0 Å². The number of rotatable bonds is 5. The summed E-state index contributed by atoms with van der Waals surface area (Å²) in [5, 5.41) is 5.10. The lowest BCUT2D eigenvalue weighted by molar-refractivity contribution is -0.144. The van der Waals surface area contributed by atoms with Gasteiger partial charge in [-0.1, -0.05) is 0 Å². The van der Waals surface area contributed by atoms with Crippen LogP contribution in [-0.4, -0.2) is 36.1 Å². The second-order valence-corrected chi connectivity index (χ2v) is 3.42. The Bertz CT molecular complexity index is 451. The molecule has 0 saturated carbocycles. The summed E-state index contributed by atoms with van der Waals surface area (Å²) in [4.78, 5) is 17.5. The predicted octanol–water partition coefficient (Wildman–Crippen LogP) is 1.51. The van der Waals surface area contributed by atoms with Crippen LogP contribution >= 0.6 is 0 Å². The van der Waals surface area contributed by atoms with Gasteiger partial charge in [-0.3, -0.25) is 4.79 Å². The van der Waals surface area contributed by atoms with Crippen molar-refractivity contribution >= 4 is 17.6 Å². The molecule has 106 valence electrons. The first kappa shape index (κ1) is 15.0. The third-order valence-corrected chi connectivity index (χ3v) is 1.98. The average Bonchev–Trinajstić information content (AvgIpc) is 2.35. The van der Waals surface area contributed by atoms with E-state index >= 15 is 0 Å². The molecule has 0 aromatic carbocycles. The van der Waals surface area contributed by atoms with Gasteiger partial charge in [-0.15, -0.1) is 0 Å². The molecule has 0 radical (unpaired) electrons. The summed E-state index contributed by atoms with van der Waals surface area (Å²) in [6.07, 6.45) is -4.66. The standard InChI is InChI=1S/C10H13F3N4O2/c1-3-14-6-4-7(15-5-8(18)19-2)17-9(16-6)10(11,12)13/h4H,3,5H2,1-2H3,(H2,14,15,16,17). The Labute approximate surface area is 107 Å². The van der Waals surface area contributed by atoms with Crippen LogP contribution in [0.2, 0.25) is 0 Å². The molecule has 2 N–H and O–H groups in total. The van der Waals surface area contributed by atoms with Crippen LogP contribution in [-0.2, 0) is 15.7 Å². The van der Waals surface area contributed by atoms with Gasteiger partial charge in [-0.25, -0.2) is 9.97 Å². The minimum atomic E-state index is -4.66. The molecule has 0 aliphatic carbocycles. The molecule has 1 aromatic heterocycles. The number of hydrogen-bond donors (Lipinski definition) is 2. The summed E-state index contributed by atoms with van der Waals surface area (Å²) in [6, 6.07) is 1.28. The van der Waals surface area contributed by atoms with Crippen LogP contribution in [0.25, 0.3) is 0 Å². The molecule has 0 fully saturated rings. The maximum atomic E-state index is 12.6. The molecule has 0 aliphatic rings. The van der Waals surface area contributed by atoms with E-state index in [0.717, 1.165) is 0 Å². The molecule has 19 heavy (non-hydrogen) atoms. The van der Waals surface area contributed by atoms with Crippen LogP contribution in [0.15, 0.2) is 6.07 Å². The molecule has 0 unspecified atom stereocenters. The van der Waals surface area contributed by atoms with E-state index in [2.05, 4.69) is 25.3 Å². The lowest BCUT2D eigenvalue weighted by atomic mass is 10.4. The highest BCUT2D eigenvalue weighted by atomic mass is 19.4. The van der Waals surface area contributed by atoms with Crippen molar-refractivity contribution in [3.8, 4) is 0 Å². The zero-order valence-corrected chi connectivity index (χ0v) is 10.3. The van der Waals surface area contributed by atoms with Gasteiger partial charge < -0.3 is 15.4 Å². The topological polar surface area (TPSA) is 76.1 Å². The summed E-state index contributed by atoms with van der Waals surface area (Å²) in [5.41, 5.74) is 0. The summed E-state index contributed by atoms with van der Waals surface area (Å²) in [7, 11) is 1.18. The number of nitrogens with one attached hydrogen (secondary N) is 2. The number of hydrogen-bond acceptors (Lipinski definition) is 6. The number of carbonyl (C=O) groups excluding carboxylic acids is 1. The molecule has 0 spiro atoms. The van der Waals surface area contributed by atoms with Crippen LogP contribution in [0.1, 0.15) is 12.7 Å². The van der Waals surface area contributed by atoms with Crippen LogP contribution in [0.3, 0.4) is 0 Å². The molecule has 0 amide bonds. The Morgan fingerprint density at radius 3 is 2.37 bits per heavy atom. The van der Waals surface area contributed by atoms with Crippen molar-refractivity contribution in [1.82, 2.24) is 9.97 Å². The summed E-state index contributed by atoms with van der Waals surface area (Å²) in [5.74, 6) is -1.98. The molecule has 0 saturated heterocycles. The SMILES string of the molecule is CCNc1cc(NCC(=O)OC)nc(C(F)(F)F)n1. The lowest BCUT2D eigenvalue weighted by Crippen LogP contribution is -2.19. The molecule has 1 rings (SSSR count). The minimum absolute atomic E-state index is 0.0252. The number of aromatic nitrogens is 2. The van der Waals surface area contributed by atoms with Gasteiger partial charge in [0.05, 0.1) is 7.11 Å². The van der Waals surface area contributed by atoms with Gasteiger partial charge >= 0.3 is 12.1 Å². The average molecular weight is 278 g/mol. The summed E-state index contributed by atoms with van der Waals surface area (Å²) >= 11 is 0. The number of methoxy groups -OCH3 is 1. The fourth-order valence-corrected chi connectivity index (χ4v) is 1.17. The van der Waals surface area contributed by atoms with Gasteiger partial charge in [-0.2, -0.15) is 13.2 Å². The Balaban J connectivity index is 2.96. The van der Waals surface area contributed by atoms with E-state index in [1.807, 2.05) is 0 Å². The zero-order chi connectivity index (χ0) is 14.5. The highest BCUT2D eigenvalue weighted by Gasteiger charge is 2.35. The normalized spacial score (nSPS) is 11.0. The fourth-order valence-electron chi connectivity index (χ4n) is 1.17. The van der Waals surface area contributed by atoms with E-state index in [-0.39, 0.29) is 18.2 Å². The third-order valence-electron chi connectivity index (χ3n) is 1.98. The number of ether oxygens (including phenoxy) is 1.